The van der Waals surface area contributed by atoms with Crippen molar-refractivity contribution in [3.8, 4) is 5.75 Å². The first kappa shape index (κ1) is 26.9. The predicted octanol–water partition coefficient (Wildman–Crippen LogP) is 3.50. The van der Waals surface area contributed by atoms with Crippen LogP contribution in [0.3, 0.4) is 0 Å². The summed E-state index contributed by atoms with van der Waals surface area (Å²) in [5.74, 6) is 1.71. The molecule has 162 valence electrons. The summed E-state index contributed by atoms with van der Waals surface area (Å²) in [5.41, 5.74) is 1.15. The van der Waals surface area contributed by atoms with Crippen LogP contribution in [-0.2, 0) is 11.3 Å². The first-order valence-corrected chi connectivity index (χ1v) is 9.96. The van der Waals surface area contributed by atoms with E-state index >= 15 is 0 Å². The second-order valence-corrected chi connectivity index (χ2v) is 7.03. The van der Waals surface area contributed by atoms with Gasteiger partial charge in [0.25, 0.3) is 0 Å². The predicted molar refractivity (Wildman–Crippen MR) is 129 cm³/mol. The number of nitrogens with one attached hydrogen (secondary N) is 2. The lowest BCUT2D eigenvalue weighted by atomic mass is 10.2. The fourth-order valence-electron chi connectivity index (χ4n) is 2.86. The molecule has 2 N–H and O–H groups in total. The Labute approximate surface area is 188 Å². The van der Waals surface area contributed by atoms with Crippen LogP contribution >= 0.6 is 24.0 Å². The molecule has 0 saturated carbocycles. The highest BCUT2D eigenvalue weighted by atomic mass is 127. The molecule has 0 heterocycles. The summed E-state index contributed by atoms with van der Waals surface area (Å²) in [7, 11) is 1.67. The first-order valence-electron chi connectivity index (χ1n) is 9.96. The second-order valence-electron chi connectivity index (χ2n) is 7.03. The lowest BCUT2D eigenvalue weighted by molar-refractivity contribution is 0.146. The van der Waals surface area contributed by atoms with Crippen LogP contribution in [0.25, 0.3) is 0 Å². The van der Waals surface area contributed by atoms with Crippen LogP contribution < -0.4 is 15.4 Å². The Balaban J connectivity index is 0.00000729. The minimum atomic E-state index is 0. The third-order valence-electron chi connectivity index (χ3n) is 4.23. The molecule has 0 unspecified atom stereocenters. The number of benzene rings is 1. The van der Waals surface area contributed by atoms with Crippen LogP contribution in [0.5, 0.6) is 5.75 Å². The highest BCUT2D eigenvalue weighted by Crippen LogP contribution is 2.12. The van der Waals surface area contributed by atoms with E-state index in [0.29, 0.717) is 31.8 Å². The smallest absolute Gasteiger partial charge is 0.191 e. The fourth-order valence-corrected chi connectivity index (χ4v) is 2.86. The molecule has 0 fully saturated rings. The van der Waals surface area contributed by atoms with E-state index in [1.165, 1.54) is 0 Å². The minimum absolute atomic E-state index is 0. The van der Waals surface area contributed by atoms with E-state index in [9.17, 15) is 0 Å². The quantitative estimate of drug-likeness (QED) is 0.197. The van der Waals surface area contributed by atoms with Crippen LogP contribution in [0.1, 0.15) is 40.2 Å². The van der Waals surface area contributed by atoms with E-state index in [2.05, 4.69) is 62.3 Å². The van der Waals surface area contributed by atoms with Crippen molar-refractivity contribution >= 4 is 29.9 Å². The molecule has 0 amide bonds. The zero-order valence-electron chi connectivity index (χ0n) is 18.3. The number of methoxy groups -OCH3 is 1. The lowest BCUT2D eigenvalue weighted by Crippen LogP contribution is -2.45. The van der Waals surface area contributed by atoms with Gasteiger partial charge in [-0.25, -0.2) is 4.99 Å². The molecular formula is C21H39IN4O2. The van der Waals surface area contributed by atoms with Gasteiger partial charge < -0.3 is 20.1 Å². The van der Waals surface area contributed by atoms with Gasteiger partial charge in [0, 0.05) is 38.8 Å². The summed E-state index contributed by atoms with van der Waals surface area (Å²) in [6, 6.07) is 9.13. The summed E-state index contributed by atoms with van der Waals surface area (Å²) < 4.78 is 10.6. The Kier molecular flexibility index (Phi) is 15.2. The molecule has 0 aliphatic carbocycles. The number of halogens is 1. The van der Waals surface area contributed by atoms with Crippen LogP contribution in [0, 0.1) is 0 Å². The Morgan fingerprint density at radius 2 is 1.68 bits per heavy atom. The Morgan fingerprint density at radius 3 is 2.21 bits per heavy atom. The maximum Gasteiger partial charge on any atom is 0.191 e. The van der Waals surface area contributed by atoms with Crippen molar-refractivity contribution in [3.05, 3.63) is 29.8 Å². The number of guanidine groups is 1. The van der Waals surface area contributed by atoms with Crippen molar-refractivity contribution in [1.82, 2.24) is 15.5 Å². The third kappa shape index (κ3) is 11.1. The Hall–Kier alpha value is -1.06. The van der Waals surface area contributed by atoms with E-state index < -0.39 is 0 Å². The molecule has 0 saturated heterocycles. The number of aliphatic imine (C=N–C) groups is 1. The summed E-state index contributed by atoms with van der Waals surface area (Å²) in [4.78, 5) is 7.16. The van der Waals surface area contributed by atoms with Crippen LogP contribution in [0.15, 0.2) is 29.3 Å². The van der Waals surface area contributed by atoms with Gasteiger partial charge in [-0.2, -0.15) is 0 Å². The second kappa shape index (κ2) is 15.8. The van der Waals surface area contributed by atoms with Crippen LogP contribution in [0.4, 0.5) is 0 Å². The van der Waals surface area contributed by atoms with Crippen molar-refractivity contribution in [2.24, 2.45) is 4.99 Å². The Morgan fingerprint density at radius 1 is 1.04 bits per heavy atom. The number of ether oxygens (including phenoxy) is 2. The van der Waals surface area contributed by atoms with Crippen molar-refractivity contribution in [1.29, 1.82) is 0 Å². The van der Waals surface area contributed by atoms with E-state index in [0.717, 1.165) is 36.9 Å². The van der Waals surface area contributed by atoms with Gasteiger partial charge in [0.15, 0.2) is 5.96 Å². The van der Waals surface area contributed by atoms with Gasteiger partial charge in [0.1, 0.15) is 12.4 Å². The van der Waals surface area contributed by atoms with Gasteiger partial charge >= 0.3 is 0 Å². The van der Waals surface area contributed by atoms with Crippen molar-refractivity contribution in [2.45, 2.75) is 53.2 Å². The van der Waals surface area contributed by atoms with Gasteiger partial charge in [-0.3, -0.25) is 4.90 Å². The monoisotopic (exact) mass is 506 g/mol. The highest BCUT2D eigenvalue weighted by molar-refractivity contribution is 14.0. The summed E-state index contributed by atoms with van der Waals surface area (Å²) in [6.07, 6.45) is 0. The largest absolute Gasteiger partial charge is 0.491 e. The maximum absolute atomic E-state index is 5.59. The lowest BCUT2D eigenvalue weighted by Gasteiger charge is -2.30. The van der Waals surface area contributed by atoms with E-state index in [4.69, 9.17) is 14.5 Å². The van der Waals surface area contributed by atoms with E-state index in [1.54, 1.807) is 7.11 Å². The molecule has 6 nitrogen and oxygen atoms in total. The number of nitrogens with zero attached hydrogens (tertiary/aromatic N) is 2. The zero-order chi connectivity index (χ0) is 20.1. The summed E-state index contributed by atoms with van der Waals surface area (Å²) in [5, 5.41) is 6.75. The molecule has 28 heavy (non-hydrogen) atoms. The molecule has 0 aromatic heterocycles. The molecule has 0 bridgehead atoms. The molecule has 0 atom stereocenters. The molecule has 7 heteroatoms. The van der Waals surface area contributed by atoms with Crippen molar-refractivity contribution in [3.63, 3.8) is 0 Å². The first-order chi connectivity index (χ1) is 13.0. The number of hydrogen-bond acceptors (Lipinski definition) is 4. The molecule has 0 radical (unpaired) electrons. The van der Waals surface area contributed by atoms with Gasteiger partial charge in [0.05, 0.1) is 13.2 Å². The SMILES string of the molecule is CCNC(=NCc1ccc(OCCOC)cc1)NCCN(C(C)C)C(C)C.I. The average Bonchev–Trinajstić information content (AvgIpc) is 2.63. The number of rotatable bonds is 12. The van der Waals surface area contributed by atoms with Crippen molar-refractivity contribution < 1.29 is 9.47 Å². The third-order valence-corrected chi connectivity index (χ3v) is 4.23. The fraction of sp³-hybridized carbons (Fsp3) is 0.667. The standard InChI is InChI=1S/C21H38N4O2.HI/c1-7-22-21(23-12-13-25(17(2)3)18(4)5)24-16-19-8-10-20(11-9-19)27-15-14-26-6;/h8-11,17-18H,7,12-16H2,1-6H3,(H2,22,23,24);1H. The molecular weight excluding hydrogens is 467 g/mol. The molecule has 1 rings (SSSR count). The summed E-state index contributed by atoms with van der Waals surface area (Å²) in [6.45, 7) is 15.5. The minimum Gasteiger partial charge on any atom is -0.491 e. The molecule has 0 spiro atoms. The van der Waals surface area contributed by atoms with Gasteiger partial charge in [0.2, 0.25) is 0 Å². The van der Waals surface area contributed by atoms with Crippen LogP contribution in [0.2, 0.25) is 0 Å². The van der Waals surface area contributed by atoms with E-state index in [-0.39, 0.29) is 24.0 Å². The Bertz CT molecular complexity index is 528. The highest BCUT2D eigenvalue weighted by Gasteiger charge is 2.12. The average molecular weight is 506 g/mol. The van der Waals surface area contributed by atoms with Gasteiger partial charge in [-0.15, -0.1) is 24.0 Å². The molecule has 1 aromatic carbocycles. The van der Waals surface area contributed by atoms with E-state index in [1.807, 2.05) is 12.1 Å². The number of hydrogen-bond donors (Lipinski definition) is 2. The van der Waals surface area contributed by atoms with Gasteiger partial charge in [-0.05, 0) is 52.3 Å². The maximum atomic E-state index is 5.59. The zero-order valence-corrected chi connectivity index (χ0v) is 20.7. The van der Waals surface area contributed by atoms with Crippen molar-refractivity contribution in [2.75, 3.05) is 40.0 Å². The van der Waals surface area contributed by atoms with Gasteiger partial charge in [-0.1, -0.05) is 12.1 Å². The van der Waals surface area contributed by atoms with Crippen LogP contribution in [-0.4, -0.2) is 62.9 Å². The summed E-state index contributed by atoms with van der Waals surface area (Å²) >= 11 is 0. The molecule has 0 aliphatic heterocycles. The molecule has 1 aromatic rings. The normalized spacial score (nSPS) is 11.7. The topological polar surface area (TPSA) is 58.1 Å². The molecule has 0 aliphatic rings.